The molecule has 2 aromatic rings. The molecule has 0 radical (unpaired) electrons. The Morgan fingerprint density at radius 2 is 2.00 bits per heavy atom. The van der Waals surface area contributed by atoms with Gasteiger partial charge in [0.2, 0.25) is 0 Å². The average Bonchev–Trinajstić information content (AvgIpc) is 2.38. The van der Waals surface area contributed by atoms with E-state index in [1.165, 1.54) is 0 Å². The number of hydrogen-bond acceptors (Lipinski definition) is 4. The van der Waals surface area contributed by atoms with Gasteiger partial charge in [-0.3, -0.25) is 4.98 Å². The van der Waals surface area contributed by atoms with Crippen LogP contribution in [0.4, 0.5) is 5.69 Å². The summed E-state index contributed by atoms with van der Waals surface area (Å²) >= 11 is 0. The molecule has 0 amide bonds. The van der Waals surface area contributed by atoms with Crippen molar-refractivity contribution in [1.29, 1.82) is 0 Å². The molecule has 4 nitrogen and oxygen atoms in total. The Kier molecular flexibility index (Phi) is 4.02. The molecule has 4 heteroatoms. The van der Waals surface area contributed by atoms with E-state index in [0.717, 1.165) is 28.1 Å². The Labute approximate surface area is 113 Å². The van der Waals surface area contributed by atoms with Crippen molar-refractivity contribution in [3.05, 3.63) is 53.3 Å². The summed E-state index contributed by atoms with van der Waals surface area (Å²) in [5, 5.41) is 1.61. The smallest absolute Gasteiger partial charge is 0.140 e. The summed E-state index contributed by atoms with van der Waals surface area (Å²) in [4.78, 5) is 4.08. The van der Waals surface area contributed by atoms with Crippen molar-refractivity contribution in [2.24, 2.45) is 5.84 Å². The van der Waals surface area contributed by atoms with E-state index >= 15 is 0 Å². The van der Waals surface area contributed by atoms with Gasteiger partial charge in [-0.05, 0) is 37.1 Å². The molecular weight excluding hydrogens is 238 g/mol. The normalized spacial score (nSPS) is 10.3. The number of nitrogens with two attached hydrogens (primary N) is 1. The summed E-state index contributed by atoms with van der Waals surface area (Å²) < 4.78 is 5.85. The Balaban J connectivity index is 2.22. The van der Waals surface area contributed by atoms with Crippen LogP contribution in [0.15, 0.2) is 36.7 Å². The number of hydrogen-bond donors (Lipinski definition) is 1. The van der Waals surface area contributed by atoms with Crippen LogP contribution in [0.3, 0.4) is 0 Å². The van der Waals surface area contributed by atoms with Crippen molar-refractivity contribution < 1.29 is 4.74 Å². The molecular formula is C15H19N3O. The second-order valence-electron chi connectivity index (χ2n) is 4.61. The van der Waals surface area contributed by atoms with E-state index in [4.69, 9.17) is 10.6 Å². The number of aryl methyl sites for hydroxylation is 2. The molecule has 2 rings (SSSR count). The first-order valence-corrected chi connectivity index (χ1v) is 6.20. The number of aromatic nitrogens is 1. The molecule has 2 N–H and O–H groups in total. The first-order chi connectivity index (χ1) is 9.09. The van der Waals surface area contributed by atoms with E-state index in [1.54, 1.807) is 17.4 Å². The van der Waals surface area contributed by atoms with Crippen LogP contribution in [-0.4, -0.2) is 12.0 Å². The highest BCUT2D eigenvalue weighted by Gasteiger charge is 2.09. The van der Waals surface area contributed by atoms with Gasteiger partial charge < -0.3 is 9.75 Å². The van der Waals surface area contributed by atoms with Crippen molar-refractivity contribution in [3.63, 3.8) is 0 Å². The topological polar surface area (TPSA) is 51.4 Å². The van der Waals surface area contributed by atoms with Crippen LogP contribution in [0.2, 0.25) is 0 Å². The lowest BCUT2D eigenvalue weighted by atomic mass is 10.1. The maximum Gasteiger partial charge on any atom is 0.140 e. The van der Waals surface area contributed by atoms with Gasteiger partial charge in [0.15, 0.2) is 0 Å². The molecule has 0 spiro atoms. The molecule has 0 atom stereocenters. The minimum Gasteiger partial charge on any atom is -0.487 e. The van der Waals surface area contributed by atoms with Gasteiger partial charge in [-0.2, -0.15) is 0 Å². The second kappa shape index (κ2) is 5.71. The Morgan fingerprint density at radius 1 is 1.21 bits per heavy atom. The standard InChI is InChI=1S/C15H19N3O/c1-11-5-4-6-14(18(3)16)13(11)10-19-15-9-17-8-7-12(15)2/h4-9H,10,16H2,1-3H3. The zero-order valence-corrected chi connectivity index (χ0v) is 11.6. The quantitative estimate of drug-likeness (QED) is 0.675. The maximum atomic E-state index is 5.85. The maximum absolute atomic E-state index is 5.85. The molecule has 1 heterocycles. The van der Waals surface area contributed by atoms with Crippen molar-refractivity contribution in [1.82, 2.24) is 4.98 Å². The van der Waals surface area contributed by atoms with Crippen molar-refractivity contribution in [2.45, 2.75) is 20.5 Å². The monoisotopic (exact) mass is 257 g/mol. The summed E-state index contributed by atoms with van der Waals surface area (Å²) in [6.45, 7) is 4.54. The molecule has 0 bridgehead atoms. The molecule has 0 saturated heterocycles. The number of pyridine rings is 1. The number of rotatable bonds is 4. The van der Waals surface area contributed by atoms with Crippen LogP contribution < -0.4 is 15.6 Å². The highest BCUT2D eigenvalue weighted by molar-refractivity contribution is 5.55. The minimum atomic E-state index is 0.482. The van der Waals surface area contributed by atoms with E-state index in [1.807, 2.05) is 32.2 Å². The molecule has 1 aromatic carbocycles. The number of anilines is 1. The van der Waals surface area contributed by atoms with Crippen LogP contribution in [-0.2, 0) is 6.61 Å². The highest BCUT2D eigenvalue weighted by Crippen LogP contribution is 2.24. The number of ether oxygens (including phenoxy) is 1. The zero-order valence-electron chi connectivity index (χ0n) is 11.6. The van der Waals surface area contributed by atoms with Crippen molar-refractivity contribution in [2.75, 3.05) is 12.1 Å². The molecule has 100 valence electrons. The van der Waals surface area contributed by atoms with Crippen molar-refractivity contribution >= 4 is 5.69 Å². The zero-order chi connectivity index (χ0) is 13.8. The third-order valence-corrected chi connectivity index (χ3v) is 3.13. The Morgan fingerprint density at radius 3 is 2.68 bits per heavy atom. The summed E-state index contributed by atoms with van der Waals surface area (Å²) in [6.07, 6.45) is 3.49. The third kappa shape index (κ3) is 3.03. The number of hydrazine groups is 1. The Hall–Kier alpha value is -2.07. The fraction of sp³-hybridized carbons (Fsp3) is 0.267. The molecule has 0 fully saturated rings. The van der Waals surface area contributed by atoms with Gasteiger partial charge in [-0.15, -0.1) is 0 Å². The summed E-state index contributed by atoms with van der Waals surface area (Å²) in [6, 6.07) is 7.97. The van der Waals surface area contributed by atoms with Crippen LogP contribution in [0, 0.1) is 13.8 Å². The molecule has 0 unspecified atom stereocenters. The van der Waals surface area contributed by atoms with Gasteiger partial charge >= 0.3 is 0 Å². The summed E-state index contributed by atoms with van der Waals surface area (Å²) in [7, 11) is 1.83. The number of benzene rings is 1. The summed E-state index contributed by atoms with van der Waals surface area (Å²) in [5.41, 5.74) is 4.31. The molecule has 0 aliphatic heterocycles. The van der Waals surface area contributed by atoms with Crippen molar-refractivity contribution in [3.8, 4) is 5.75 Å². The highest BCUT2D eigenvalue weighted by atomic mass is 16.5. The Bertz CT molecular complexity index is 567. The lowest BCUT2D eigenvalue weighted by molar-refractivity contribution is 0.302. The molecule has 0 saturated carbocycles. The lowest BCUT2D eigenvalue weighted by Gasteiger charge is -2.19. The molecule has 0 aliphatic carbocycles. The molecule has 0 aliphatic rings. The summed E-state index contributed by atoms with van der Waals surface area (Å²) in [5.74, 6) is 6.65. The van der Waals surface area contributed by atoms with Gasteiger partial charge in [0.05, 0.1) is 11.9 Å². The lowest BCUT2D eigenvalue weighted by Crippen LogP contribution is -2.26. The fourth-order valence-corrected chi connectivity index (χ4v) is 1.96. The molecule has 19 heavy (non-hydrogen) atoms. The van der Waals surface area contributed by atoms with Crippen LogP contribution in [0.5, 0.6) is 5.75 Å². The van der Waals surface area contributed by atoms with Gasteiger partial charge in [0.25, 0.3) is 0 Å². The fourth-order valence-electron chi connectivity index (χ4n) is 1.96. The largest absolute Gasteiger partial charge is 0.487 e. The van der Waals surface area contributed by atoms with E-state index in [2.05, 4.69) is 18.0 Å². The van der Waals surface area contributed by atoms with Crippen LogP contribution in [0.1, 0.15) is 16.7 Å². The average molecular weight is 257 g/mol. The SMILES string of the molecule is Cc1ccncc1OCc1c(C)cccc1N(C)N. The first-order valence-electron chi connectivity index (χ1n) is 6.20. The number of nitrogens with zero attached hydrogens (tertiary/aromatic N) is 2. The molecule has 1 aromatic heterocycles. The predicted molar refractivity (Wildman–Crippen MR) is 77.1 cm³/mol. The first kappa shape index (κ1) is 13.4. The van der Waals surface area contributed by atoms with Gasteiger partial charge in [0, 0.05) is 18.8 Å². The van der Waals surface area contributed by atoms with E-state index < -0.39 is 0 Å². The van der Waals surface area contributed by atoms with E-state index in [-0.39, 0.29) is 0 Å². The van der Waals surface area contributed by atoms with Gasteiger partial charge in [-0.25, -0.2) is 5.84 Å². The minimum absolute atomic E-state index is 0.482. The van der Waals surface area contributed by atoms with Gasteiger partial charge in [0.1, 0.15) is 12.4 Å². The van der Waals surface area contributed by atoms with E-state index in [0.29, 0.717) is 6.61 Å². The van der Waals surface area contributed by atoms with E-state index in [9.17, 15) is 0 Å². The second-order valence-corrected chi connectivity index (χ2v) is 4.61. The third-order valence-electron chi connectivity index (χ3n) is 3.13. The predicted octanol–water partition coefficient (Wildman–Crippen LogP) is 2.59. The van der Waals surface area contributed by atoms with Gasteiger partial charge in [-0.1, -0.05) is 12.1 Å². The van der Waals surface area contributed by atoms with Crippen LogP contribution in [0.25, 0.3) is 0 Å². The van der Waals surface area contributed by atoms with Crippen LogP contribution >= 0.6 is 0 Å².